The number of aromatic nitrogens is 5. The van der Waals surface area contributed by atoms with Crippen LogP contribution in [0.5, 0.6) is 0 Å². The molecule has 1 saturated carbocycles. The highest BCUT2D eigenvalue weighted by Crippen LogP contribution is 2.34. The topological polar surface area (TPSA) is 79.7 Å². The van der Waals surface area contributed by atoms with E-state index >= 15 is 0 Å². The van der Waals surface area contributed by atoms with E-state index in [-0.39, 0.29) is 11.6 Å². The van der Waals surface area contributed by atoms with Gasteiger partial charge in [-0.15, -0.1) is 16.4 Å². The van der Waals surface area contributed by atoms with Crippen molar-refractivity contribution in [3.05, 3.63) is 73.5 Å². The summed E-state index contributed by atoms with van der Waals surface area (Å²) in [6.07, 6.45) is 5.57. The number of fused-ring (bicyclic) bond motifs is 1. The SMILES string of the molecule is CC[C@@H](c1nnnn1C1CCCC1)N(Cc1cccs1)Cc1cc2cc(C)cc(C)c2[nH]c1=O. The number of hydrogen-bond donors (Lipinski definition) is 1. The lowest BCUT2D eigenvalue weighted by molar-refractivity contribution is 0.159. The second kappa shape index (κ2) is 9.80. The molecule has 0 unspecified atom stereocenters. The standard InChI is InChI=1S/C26H32N6OS/c1-4-23(25-28-29-30-32(25)21-8-5-6-9-21)31(16-22-10-7-11-34-22)15-20-14-19-13-17(2)12-18(3)24(19)27-26(20)33/h7,10-14,21,23H,4-6,8-9,15-16H2,1-3H3,(H,27,33)/t23-/m0/s1. The molecule has 0 spiro atoms. The molecular weight excluding hydrogens is 444 g/mol. The van der Waals surface area contributed by atoms with Crippen molar-refractivity contribution in [2.45, 2.75) is 78.0 Å². The molecule has 1 aromatic carbocycles. The average molecular weight is 477 g/mol. The molecule has 4 aromatic rings. The van der Waals surface area contributed by atoms with Gasteiger partial charge in [0.05, 0.1) is 17.6 Å². The summed E-state index contributed by atoms with van der Waals surface area (Å²) >= 11 is 1.74. The molecule has 3 aromatic heterocycles. The number of benzene rings is 1. The molecule has 8 heteroatoms. The minimum absolute atomic E-state index is 0.0204. The quantitative estimate of drug-likeness (QED) is 0.365. The van der Waals surface area contributed by atoms with Crippen molar-refractivity contribution >= 4 is 22.2 Å². The fraction of sp³-hybridized carbons (Fsp3) is 0.462. The first-order chi connectivity index (χ1) is 16.5. The molecule has 178 valence electrons. The van der Waals surface area contributed by atoms with Gasteiger partial charge in [-0.1, -0.05) is 37.5 Å². The highest BCUT2D eigenvalue weighted by Gasteiger charge is 2.29. The summed E-state index contributed by atoms with van der Waals surface area (Å²) in [7, 11) is 0. The zero-order valence-corrected chi connectivity index (χ0v) is 20.9. The minimum Gasteiger partial charge on any atom is -0.321 e. The summed E-state index contributed by atoms with van der Waals surface area (Å²) in [4.78, 5) is 19.9. The van der Waals surface area contributed by atoms with Gasteiger partial charge in [-0.2, -0.15) is 0 Å². The molecule has 0 aliphatic heterocycles. The Hall–Kier alpha value is -2.84. The Balaban J connectivity index is 1.53. The Morgan fingerprint density at radius 1 is 1.21 bits per heavy atom. The van der Waals surface area contributed by atoms with Crippen molar-refractivity contribution in [1.29, 1.82) is 0 Å². The molecule has 5 rings (SSSR count). The summed E-state index contributed by atoms with van der Waals surface area (Å²) in [5.74, 6) is 0.912. The number of rotatable bonds is 8. The lowest BCUT2D eigenvalue weighted by atomic mass is 10.0. The van der Waals surface area contributed by atoms with E-state index in [0.29, 0.717) is 12.6 Å². The van der Waals surface area contributed by atoms with E-state index in [9.17, 15) is 4.79 Å². The molecule has 0 saturated heterocycles. The predicted molar refractivity (Wildman–Crippen MR) is 136 cm³/mol. The third kappa shape index (κ3) is 4.57. The maximum atomic E-state index is 13.2. The van der Waals surface area contributed by atoms with Crippen molar-refractivity contribution in [2.75, 3.05) is 0 Å². The van der Waals surface area contributed by atoms with E-state index in [1.54, 1.807) is 11.3 Å². The van der Waals surface area contributed by atoms with Crippen LogP contribution in [0.15, 0.2) is 40.5 Å². The Morgan fingerprint density at radius 3 is 2.76 bits per heavy atom. The van der Waals surface area contributed by atoms with Crippen molar-refractivity contribution in [1.82, 2.24) is 30.1 Å². The van der Waals surface area contributed by atoms with Crippen molar-refractivity contribution < 1.29 is 0 Å². The number of hydrogen-bond acceptors (Lipinski definition) is 6. The Labute approximate surface area is 203 Å². The first-order valence-corrected chi connectivity index (χ1v) is 13.1. The van der Waals surface area contributed by atoms with Crippen LogP contribution in [0.4, 0.5) is 0 Å². The van der Waals surface area contributed by atoms with Crippen LogP contribution in [0.3, 0.4) is 0 Å². The van der Waals surface area contributed by atoms with Gasteiger partial charge < -0.3 is 4.98 Å². The van der Waals surface area contributed by atoms with E-state index < -0.39 is 0 Å². The van der Waals surface area contributed by atoms with E-state index in [4.69, 9.17) is 0 Å². The first kappa shape index (κ1) is 22.9. The molecule has 1 aliphatic rings. The zero-order valence-electron chi connectivity index (χ0n) is 20.1. The van der Waals surface area contributed by atoms with Gasteiger partial charge >= 0.3 is 0 Å². The van der Waals surface area contributed by atoms with E-state index in [1.807, 2.05) is 6.92 Å². The molecule has 3 heterocycles. The largest absolute Gasteiger partial charge is 0.321 e. The smallest absolute Gasteiger partial charge is 0.252 e. The van der Waals surface area contributed by atoms with Gasteiger partial charge in [0.2, 0.25) is 0 Å². The molecule has 0 bridgehead atoms. The van der Waals surface area contributed by atoms with Crippen molar-refractivity contribution in [2.24, 2.45) is 0 Å². The summed E-state index contributed by atoms with van der Waals surface area (Å²) in [6, 6.07) is 10.9. The van der Waals surface area contributed by atoms with Crippen LogP contribution in [-0.2, 0) is 13.1 Å². The molecule has 34 heavy (non-hydrogen) atoms. The van der Waals surface area contributed by atoms with Crippen molar-refractivity contribution in [3.63, 3.8) is 0 Å². The fourth-order valence-electron chi connectivity index (χ4n) is 5.38. The van der Waals surface area contributed by atoms with Gasteiger partial charge in [-0.25, -0.2) is 4.68 Å². The zero-order chi connectivity index (χ0) is 23.7. The van der Waals surface area contributed by atoms with E-state index in [2.05, 4.69) is 79.7 Å². The van der Waals surface area contributed by atoms with Gasteiger partial charge in [-0.05, 0) is 78.1 Å². The van der Waals surface area contributed by atoms with Gasteiger partial charge in [0.15, 0.2) is 5.82 Å². The molecule has 0 amide bonds. The van der Waals surface area contributed by atoms with Crippen LogP contribution < -0.4 is 5.56 Å². The molecule has 7 nitrogen and oxygen atoms in total. The van der Waals surface area contributed by atoms with Crippen LogP contribution in [0.2, 0.25) is 0 Å². The number of nitrogens with one attached hydrogen (secondary N) is 1. The first-order valence-electron chi connectivity index (χ1n) is 12.2. The van der Waals surface area contributed by atoms with Crippen molar-refractivity contribution in [3.8, 4) is 0 Å². The van der Waals surface area contributed by atoms with E-state index in [1.165, 1.54) is 23.3 Å². The third-order valence-electron chi connectivity index (χ3n) is 7.00. The fourth-order valence-corrected chi connectivity index (χ4v) is 6.11. The maximum Gasteiger partial charge on any atom is 0.252 e. The molecule has 1 aliphatic carbocycles. The molecule has 1 N–H and O–H groups in total. The number of thiophene rings is 1. The number of pyridine rings is 1. The Morgan fingerprint density at radius 2 is 2.03 bits per heavy atom. The van der Waals surface area contributed by atoms with Crippen LogP contribution in [0.1, 0.15) is 78.5 Å². The lowest BCUT2D eigenvalue weighted by Gasteiger charge is -2.30. The number of aryl methyl sites for hydroxylation is 2. The molecular formula is C26H32N6OS. The van der Waals surface area contributed by atoms with E-state index in [0.717, 1.165) is 53.7 Å². The van der Waals surface area contributed by atoms with Crippen LogP contribution in [0.25, 0.3) is 10.9 Å². The highest BCUT2D eigenvalue weighted by atomic mass is 32.1. The molecule has 1 fully saturated rings. The van der Waals surface area contributed by atoms with Gasteiger partial charge in [0, 0.05) is 23.5 Å². The summed E-state index contributed by atoms with van der Waals surface area (Å²) < 4.78 is 2.06. The Kier molecular flexibility index (Phi) is 6.61. The highest BCUT2D eigenvalue weighted by molar-refractivity contribution is 7.09. The second-order valence-electron chi connectivity index (χ2n) is 9.50. The number of H-pyrrole nitrogens is 1. The lowest BCUT2D eigenvalue weighted by Crippen LogP contribution is -2.32. The van der Waals surface area contributed by atoms with Gasteiger partial charge in [0.1, 0.15) is 0 Å². The van der Waals surface area contributed by atoms with Crippen LogP contribution in [-0.4, -0.2) is 30.1 Å². The van der Waals surface area contributed by atoms with Crippen LogP contribution in [0, 0.1) is 13.8 Å². The summed E-state index contributed by atoms with van der Waals surface area (Å²) in [6.45, 7) is 7.60. The Bertz CT molecular complexity index is 1320. The maximum absolute atomic E-state index is 13.2. The van der Waals surface area contributed by atoms with Gasteiger partial charge in [0.25, 0.3) is 5.56 Å². The summed E-state index contributed by atoms with van der Waals surface area (Å²) in [5, 5.41) is 16.1. The number of aromatic amines is 1. The monoisotopic (exact) mass is 476 g/mol. The second-order valence-corrected chi connectivity index (χ2v) is 10.5. The normalized spacial score (nSPS) is 15.5. The predicted octanol–water partition coefficient (Wildman–Crippen LogP) is 5.46. The third-order valence-corrected chi connectivity index (χ3v) is 7.86. The number of nitrogens with zero attached hydrogens (tertiary/aromatic N) is 5. The number of tetrazole rings is 1. The minimum atomic E-state index is -0.0270. The average Bonchev–Trinajstić information content (AvgIpc) is 3.58. The van der Waals surface area contributed by atoms with Crippen LogP contribution >= 0.6 is 11.3 Å². The van der Waals surface area contributed by atoms with Gasteiger partial charge in [-0.3, -0.25) is 9.69 Å². The summed E-state index contributed by atoms with van der Waals surface area (Å²) in [5.41, 5.74) is 3.95. The molecule has 0 radical (unpaired) electrons. The molecule has 1 atom stereocenters.